The highest BCUT2D eigenvalue weighted by Gasteiger charge is 2.07. The molecule has 0 unspecified atom stereocenters. The van der Waals surface area contributed by atoms with Crippen LogP contribution in [0, 0.1) is 5.82 Å². The Kier molecular flexibility index (Phi) is 5.92. The van der Waals surface area contributed by atoms with Crippen molar-refractivity contribution in [2.75, 3.05) is 6.61 Å². The van der Waals surface area contributed by atoms with Crippen LogP contribution in [-0.2, 0) is 4.79 Å². The van der Waals surface area contributed by atoms with Gasteiger partial charge in [0.15, 0.2) is 0 Å². The third-order valence-electron chi connectivity index (χ3n) is 3.35. The Bertz CT molecular complexity index is 663. The number of hydrogen-bond acceptors (Lipinski definition) is 2. The molecule has 120 valence electrons. The van der Waals surface area contributed by atoms with E-state index in [0.29, 0.717) is 6.61 Å². The smallest absolute Gasteiger partial charge is 0.244 e. The molecule has 2 rings (SSSR count). The molecular formula is C19H20FNO2. The number of hydrogen-bond donors (Lipinski definition) is 1. The van der Waals surface area contributed by atoms with Gasteiger partial charge in [-0.1, -0.05) is 24.3 Å². The lowest BCUT2D eigenvalue weighted by molar-refractivity contribution is -0.117. The Hall–Kier alpha value is -2.62. The summed E-state index contributed by atoms with van der Waals surface area (Å²) in [6.45, 7) is 4.48. The van der Waals surface area contributed by atoms with Crippen LogP contribution in [0.3, 0.4) is 0 Å². The molecule has 23 heavy (non-hydrogen) atoms. The lowest BCUT2D eigenvalue weighted by Crippen LogP contribution is -2.24. The predicted octanol–water partition coefficient (Wildman–Crippen LogP) is 4.12. The maximum Gasteiger partial charge on any atom is 0.244 e. The zero-order chi connectivity index (χ0) is 16.7. The predicted molar refractivity (Wildman–Crippen MR) is 89.6 cm³/mol. The fourth-order valence-corrected chi connectivity index (χ4v) is 2.11. The van der Waals surface area contributed by atoms with Gasteiger partial charge in [0.2, 0.25) is 5.91 Å². The Morgan fingerprint density at radius 2 is 1.83 bits per heavy atom. The molecule has 3 nitrogen and oxygen atoms in total. The molecule has 2 aromatic rings. The highest BCUT2D eigenvalue weighted by Crippen LogP contribution is 2.17. The summed E-state index contributed by atoms with van der Waals surface area (Å²) in [4.78, 5) is 11.9. The van der Waals surface area contributed by atoms with E-state index in [0.717, 1.165) is 16.9 Å². The van der Waals surface area contributed by atoms with Crippen LogP contribution < -0.4 is 10.1 Å². The van der Waals surface area contributed by atoms with Crippen LogP contribution in [0.4, 0.5) is 4.39 Å². The van der Waals surface area contributed by atoms with E-state index in [2.05, 4.69) is 5.32 Å². The fraction of sp³-hybridized carbons (Fsp3) is 0.211. The monoisotopic (exact) mass is 313 g/mol. The van der Waals surface area contributed by atoms with Crippen LogP contribution in [0.25, 0.3) is 6.08 Å². The summed E-state index contributed by atoms with van der Waals surface area (Å²) in [5.74, 6) is 0.317. The van der Waals surface area contributed by atoms with Crippen LogP contribution in [0.1, 0.15) is 31.0 Å². The Balaban J connectivity index is 1.92. The summed E-state index contributed by atoms with van der Waals surface area (Å²) in [5.41, 5.74) is 1.77. The molecule has 2 aromatic carbocycles. The van der Waals surface area contributed by atoms with Gasteiger partial charge in [0.05, 0.1) is 12.6 Å². The molecule has 1 atom stereocenters. The number of carbonyl (C=O) groups is 1. The average molecular weight is 313 g/mol. The van der Waals surface area contributed by atoms with Gasteiger partial charge in [0.25, 0.3) is 0 Å². The van der Waals surface area contributed by atoms with E-state index in [4.69, 9.17) is 4.74 Å². The molecule has 0 heterocycles. The summed E-state index contributed by atoms with van der Waals surface area (Å²) in [6.07, 6.45) is 3.10. The van der Waals surface area contributed by atoms with Gasteiger partial charge in [-0.15, -0.1) is 0 Å². The third kappa shape index (κ3) is 5.25. The number of carbonyl (C=O) groups excluding carboxylic acids is 1. The molecule has 0 saturated carbocycles. The lowest BCUT2D eigenvalue weighted by atomic mass is 10.1. The molecule has 0 fully saturated rings. The van der Waals surface area contributed by atoms with E-state index >= 15 is 0 Å². The Morgan fingerprint density at radius 3 is 2.43 bits per heavy atom. The number of rotatable bonds is 6. The van der Waals surface area contributed by atoms with E-state index in [1.165, 1.54) is 18.2 Å². The van der Waals surface area contributed by atoms with Crippen LogP contribution in [0.2, 0.25) is 0 Å². The van der Waals surface area contributed by atoms with Gasteiger partial charge < -0.3 is 10.1 Å². The average Bonchev–Trinajstić information content (AvgIpc) is 2.55. The first-order valence-corrected chi connectivity index (χ1v) is 7.55. The van der Waals surface area contributed by atoms with Crippen LogP contribution in [0.5, 0.6) is 5.75 Å². The quantitative estimate of drug-likeness (QED) is 0.815. The number of benzene rings is 2. The summed E-state index contributed by atoms with van der Waals surface area (Å²) in [7, 11) is 0. The fourth-order valence-electron chi connectivity index (χ4n) is 2.11. The van der Waals surface area contributed by atoms with Crippen molar-refractivity contribution in [1.82, 2.24) is 5.32 Å². The van der Waals surface area contributed by atoms with Gasteiger partial charge in [-0.3, -0.25) is 4.79 Å². The standard InChI is InChI=1S/C19H20FNO2/c1-3-23-18-11-7-16(8-12-18)14(2)21-19(22)13-6-15-4-9-17(20)10-5-15/h4-14H,3H2,1-2H3,(H,21,22)/b13-6+/t14-/m0/s1. The van der Waals surface area contributed by atoms with Crippen molar-refractivity contribution in [2.24, 2.45) is 0 Å². The molecule has 0 saturated heterocycles. The lowest BCUT2D eigenvalue weighted by Gasteiger charge is -2.13. The second-order valence-electron chi connectivity index (χ2n) is 5.12. The minimum Gasteiger partial charge on any atom is -0.494 e. The molecule has 0 aliphatic heterocycles. The normalized spacial score (nSPS) is 12.1. The van der Waals surface area contributed by atoms with Gasteiger partial charge in [-0.2, -0.15) is 0 Å². The van der Waals surface area contributed by atoms with E-state index in [9.17, 15) is 9.18 Å². The molecule has 4 heteroatoms. The molecule has 0 aliphatic rings. The van der Waals surface area contributed by atoms with Crippen molar-refractivity contribution in [2.45, 2.75) is 19.9 Å². The first-order valence-electron chi connectivity index (χ1n) is 7.55. The second kappa shape index (κ2) is 8.13. The van der Waals surface area contributed by atoms with E-state index in [1.807, 2.05) is 38.1 Å². The summed E-state index contributed by atoms with van der Waals surface area (Å²) >= 11 is 0. The minimum absolute atomic E-state index is 0.115. The molecule has 1 amide bonds. The summed E-state index contributed by atoms with van der Waals surface area (Å²) in [5, 5.41) is 2.89. The van der Waals surface area contributed by atoms with Crippen molar-refractivity contribution in [1.29, 1.82) is 0 Å². The summed E-state index contributed by atoms with van der Waals surface area (Å²) < 4.78 is 18.2. The Morgan fingerprint density at radius 1 is 1.17 bits per heavy atom. The first kappa shape index (κ1) is 16.7. The van der Waals surface area contributed by atoms with Crippen LogP contribution >= 0.6 is 0 Å². The van der Waals surface area contributed by atoms with Crippen LogP contribution in [-0.4, -0.2) is 12.5 Å². The Labute approximate surface area is 135 Å². The van der Waals surface area contributed by atoms with Crippen molar-refractivity contribution in [3.8, 4) is 5.75 Å². The largest absolute Gasteiger partial charge is 0.494 e. The number of halogens is 1. The first-order chi connectivity index (χ1) is 11.1. The highest BCUT2D eigenvalue weighted by atomic mass is 19.1. The van der Waals surface area contributed by atoms with Crippen molar-refractivity contribution >= 4 is 12.0 Å². The molecule has 0 bridgehead atoms. The topological polar surface area (TPSA) is 38.3 Å². The van der Waals surface area contributed by atoms with Gasteiger partial charge >= 0.3 is 0 Å². The van der Waals surface area contributed by atoms with Gasteiger partial charge in [-0.05, 0) is 55.3 Å². The van der Waals surface area contributed by atoms with E-state index < -0.39 is 0 Å². The maximum atomic E-state index is 12.8. The minimum atomic E-state index is -0.296. The van der Waals surface area contributed by atoms with Crippen molar-refractivity contribution < 1.29 is 13.9 Å². The van der Waals surface area contributed by atoms with E-state index in [-0.39, 0.29) is 17.8 Å². The van der Waals surface area contributed by atoms with Gasteiger partial charge in [-0.25, -0.2) is 4.39 Å². The molecule has 1 N–H and O–H groups in total. The summed E-state index contributed by atoms with van der Waals surface area (Å²) in [6, 6.07) is 13.5. The number of ether oxygens (including phenoxy) is 1. The SMILES string of the molecule is CCOc1ccc([C@H](C)NC(=O)/C=C/c2ccc(F)cc2)cc1. The third-order valence-corrected chi connectivity index (χ3v) is 3.35. The zero-order valence-electron chi connectivity index (χ0n) is 13.3. The molecule has 0 spiro atoms. The van der Waals surface area contributed by atoms with Crippen molar-refractivity contribution in [3.05, 3.63) is 71.6 Å². The number of amides is 1. The van der Waals surface area contributed by atoms with Crippen molar-refractivity contribution in [3.63, 3.8) is 0 Å². The molecule has 0 aromatic heterocycles. The molecular weight excluding hydrogens is 293 g/mol. The molecule has 0 aliphatic carbocycles. The maximum absolute atomic E-state index is 12.8. The van der Waals surface area contributed by atoms with E-state index in [1.54, 1.807) is 18.2 Å². The van der Waals surface area contributed by atoms with Crippen LogP contribution in [0.15, 0.2) is 54.6 Å². The van der Waals surface area contributed by atoms with Gasteiger partial charge in [0, 0.05) is 6.08 Å². The second-order valence-corrected chi connectivity index (χ2v) is 5.12. The molecule has 0 radical (unpaired) electrons. The highest BCUT2D eigenvalue weighted by molar-refractivity contribution is 5.91. The van der Waals surface area contributed by atoms with Gasteiger partial charge in [0.1, 0.15) is 11.6 Å². The number of nitrogens with one attached hydrogen (secondary N) is 1. The zero-order valence-corrected chi connectivity index (χ0v) is 13.3.